The smallest absolute Gasteiger partial charge is 0.247 e. The van der Waals surface area contributed by atoms with E-state index in [1.165, 1.54) is 0 Å². The fourth-order valence-electron chi connectivity index (χ4n) is 3.45. The highest BCUT2D eigenvalue weighted by molar-refractivity contribution is 5.88. The van der Waals surface area contributed by atoms with Gasteiger partial charge in [0.25, 0.3) is 0 Å². The minimum Gasteiger partial charge on any atom is -0.378 e. The number of carbonyl (C=O) groups is 2. The molecule has 30 heavy (non-hydrogen) atoms. The first kappa shape index (κ1) is 21.8. The Hall–Kier alpha value is -2.93. The van der Waals surface area contributed by atoms with Crippen molar-refractivity contribution in [3.05, 3.63) is 59.8 Å². The van der Waals surface area contributed by atoms with Gasteiger partial charge in [-0.15, -0.1) is 0 Å². The van der Waals surface area contributed by atoms with Gasteiger partial charge >= 0.3 is 0 Å². The minimum atomic E-state index is -0.735. The molecule has 0 aliphatic carbocycles. The molecule has 2 amide bonds. The number of morpholine rings is 1. The molecule has 0 radical (unpaired) electrons. The van der Waals surface area contributed by atoms with E-state index in [0.717, 1.165) is 30.0 Å². The Morgan fingerprint density at radius 2 is 1.83 bits per heavy atom. The molecule has 1 aliphatic heterocycles. The Morgan fingerprint density at radius 3 is 2.53 bits per heavy atom. The van der Waals surface area contributed by atoms with Gasteiger partial charge in [0, 0.05) is 37.8 Å². The number of rotatable bonds is 8. The standard InChI is InChI=1S/C23H30N4O3/c1-17(2)15-20(28)26-21(18-7-4-3-5-8-18)23(29)25-16-19-9-6-10-24-22(19)27-11-13-30-14-12-27/h3-10,17,21H,11-16H2,1-2H3,(H,25,29)(H,26,28). The normalized spacial score (nSPS) is 15.0. The number of hydrogen-bond donors (Lipinski definition) is 2. The van der Waals surface area contributed by atoms with E-state index in [2.05, 4.69) is 20.5 Å². The molecule has 0 bridgehead atoms. The summed E-state index contributed by atoms with van der Waals surface area (Å²) < 4.78 is 5.42. The Morgan fingerprint density at radius 1 is 1.10 bits per heavy atom. The van der Waals surface area contributed by atoms with Crippen molar-refractivity contribution in [2.45, 2.75) is 32.9 Å². The molecule has 1 aliphatic rings. The maximum absolute atomic E-state index is 13.0. The monoisotopic (exact) mass is 410 g/mol. The van der Waals surface area contributed by atoms with Crippen LogP contribution in [0.2, 0.25) is 0 Å². The van der Waals surface area contributed by atoms with Gasteiger partial charge in [0.2, 0.25) is 11.8 Å². The molecule has 1 atom stereocenters. The number of benzene rings is 1. The highest BCUT2D eigenvalue weighted by atomic mass is 16.5. The Labute approximate surface area is 177 Å². The average molecular weight is 411 g/mol. The molecule has 0 spiro atoms. The summed E-state index contributed by atoms with van der Waals surface area (Å²) in [6.45, 7) is 7.18. The molecular formula is C23H30N4O3. The number of pyridine rings is 1. The molecule has 1 fully saturated rings. The fraction of sp³-hybridized carbons (Fsp3) is 0.435. The predicted octanol–water partition coefficient (Wildman–Crippen LogP) is 2.44. The van der Waals surface area contributed by atoms with Crippen LogP contribution in [-0.4, -0.2) is 43.1 Å². The van der Waals surface area contributed by atoms with Crippen LogP contribution in [0, 0.1) is 5.92 Å². The van der Waals surface area contributed by atoms with E-state index in [-0.39, 0.29) is 17.7 Å². The Balaban J connectivity index is 1.71. The van der Waals surface area contributed by atoms with Crippen LogP contribution in [0.15, 0.2) is 48.7 Å². The van der Waals surface area contributed by atoms with Gasteiger partial charge in [0.15, 0.2) is 0 Å². The first-order chi connectivity index (χ1) is 14.5. The SMILES string of the molecule is CC(C)CC(=O)NC(C(=O)NCc1cccnc1N1CCOCC1)c1ccccc1. The molecule has 7 heteroatoms. The number of nitrogens with zero attached hydrogens (tertiary/aromatic N) is 2. The van der Waals surface area contributed by atoms with E-state index in [0.29, 0.717) is 26.2 Å². The molecule has 3 rings (SSSR count). The summed E-state index contributed by atoms with van der Waals surface area (Å²) in [7, 11) is 0. The number of anilines is 1. The van der Waals surface area contributed by atoms with Crippen LogP contribution in [-0.2, 0) is 20.9 Å². The number of carbonyl (C=O) groups excluding carboxylic acids is 2. The lowest BCUT2D eigenvalue weighted by molar-refractivity contribution is -0.129. The third-order valence-electron chi connectivity index (χ3n) is 4.93. The summed E-state index contributed by atoms with van der Waals surface area (Å²) in [6, 6.07) is 12.4. The molecule has 1 saturated heterocycles. The highest BCUT2D eigenvalue weighted by Gasteiger charge is 2.23. The van der Waals surface area contributed by atoms with Gasteiger partial charge in [0.05, 0.1) is 13.2 Å². The van der Waals surface area contributed by atoms with Crippen molar-refractivity contribution in [3.8, 4) is 0 Å². The van der Waals surface area contributed by atoms with E-state index in [1.54, 1.807) is 6.20 Å². The van der Waals surface area contributed by atoms with Crippen molar-refractivity contribution in [3.63, 3.8) is 0 Å². The zero-order chi connectivity index (χ0) is 21.3. The van der Waals surface area contributed by atoms with Crippen LogP contribution in [0.1, 0.15) is 37.4 Å². The van der Waals surface area contributed by atoms with Crippen LogP contribution in [0.25, 0.3) is 0 Å². The van der Waals surface area contributed by atoms with Gasteiger partial charge in [-0.1, -0.05) is 50.2 Å². The molecule has 7 nitrogen and oxygen atoms in total. The maximum atomic E-state index is 13.0. The largest absolute Gasteiger partial charge is 0.378 e. The molecule has 1 aromatic heterocycles. The van der Waals surface area contributed by atoms with E-state index < -0.39 is 6.04 Å². The summed E-state index contributed by atoms with van der Waals surface area (Å²) in [5.41, 5.74) is 1.69. The van der Waals surface area contributed by atoms with Crippen molar-refractivity contribution >= 4 is 17.6 Å². The van der Waals surface area contributed by atoms with E-state index in [4.69, 9.17) is 4.74 Å². The molecule has 160 valence electrons. The van der Waals surface area contributed by atoms with Gasteiger partial charge in [-0.3, -0.25) is 9.59 Å². The van der Waals surface area contributed by atoms with Gasteiger partial charge in [-0.25, -0.2) is 4.98 Å². The molecular weight excluding hydrogens is 380 g/mol. The Kier molecular flexibility index (Phi) is 7.79. The number of hydrogen-bond acceptors (Lipinski definition) is 5. The summed E-state index contributed by atoms with van der Waals surface area (Å²) in [5.74, 6) is 0.705. The van der Waals surface area contributed by atoms with Gasteiger partial charge in [0.1, 0.15) is 11.9 Å². The predicted molar refractivity (Wildman–Crippen MR) is 116 cm³/mol. The van der Waals surface area contributed by atoms with Crippen LogP contribution in [0.3, 0.4) is 0 Å². The summed E-state index contributed by atoms with van der Waals surface area (Å²) >= 11 is 0. The number of aromatic nitrogens is 1. The quantitative estimate of drug-likeness (QED) is 0.698. The molecule has 0 saturated carbocycles. The number of ether oxygens (including phenoxy) is 1. The zero-order valence-electron chi connectivity index (χ0n) is 17.6. The lowest BCUT2D eigenvalue weighted by Gasteiger charge is -2.29. The third-order valence-corrected chi connectivity index (χ3v) is 4.93. The first-order valence-electron chi connectivity index (χ1n) is 10.4. The van der Waals surface area contributed by atoms with Crippen molar-refractivity contribution in [1.82, 2.24) is 15.6 Å². The second-order valence-corrected chi connectivity index (χ2v) is 7.81. The number of nitrogens with one attached hydrogen (secondary N) is 2. The van der Waals surface area contributed by atoms with Crippen molar-refractivity contribution in [1.29, 1.82) is 0 Å². The van der Waals surface area contributed by atoms with Gasteiger partial charge in [-0.2, -0.15) is 0 Å². The summed E-state index contributed by atoms with van der Waals surface area (Å²) in [6.07, 6.45) is 2.13. The van der Waals surface area contributed by atoms with Gasteiger partial charge in [-0.05, 0) is 17.5 Å². The van der Waals surface area contributed by atoms with Crippen LogP contribution in [0.5, 0.6) is 0 Å². The van der Waals surface area contributed by atoms with E-state index in [9.17, 15) is 9.59 Å². The molecule has 2 heterocycles. The van der Waals surface area contributed by atoms with Crippen LogP contribution in [0.4, 0.5) is 5.82 Å². The van der Waals surface area contributed by atoms with Crippen LogP contribution < -0.4 is 15.5 Å². The molecule has 2 N–H and O–H groups in total. The molecule has 1 aromatic carbocycles. The van der Waals surface area contributed by atoms with Crippen molar-refractivity contribution in [2.75, 3.05) is 31.2 Å². The van der Waals surface area contributed by atoms with Crippen LogP contribution >= 0.6 is 0 Å². The second-order valence-electron chi connectivity index (χ2n) is 7.81. The number of amides is 2. The average Bonchev–Trinajstić information content (AvgIpc) is 2.77. The minimum absolute atomic E-state index is 0.135. The Bertz CT molecular complexity index is 835. The topological polar surface area (TPSA) is 83.6 Å². The summed E-state index contributed by atoms with van der Waals surface area (Å²) in [4.78, 5) is 32.1. The maximum Gasteiger partial charge on any atom is 0.247 e. The van der Waals surface area contributed by atoms with Crippen molar-refractivity contribution in [2.24, 2.45) is 5.92 Å². The van der Waals surface area contributed by atoms with Crippen molar-refractivity contribution < 1.29 is 14.3 Å². The van der Waals surface area contributed by atoms with Gasteiger partial charge < -0.3 is 20.3 Å². The zero-order valence-corrected chi connectivity index (χ0v) is 17.6. The first-order valence-corrected chi connectivity index (χ1v) is 10.4. The summed E-state index contributed by atoms with van der Waals surface area (Å²) in [5, 5.41) is 5.87. The van der Waals surface area contributed by atoms with E-state index in [1.807, 2.05) is 56.3 Å². The second kappa shape index (κ2) is 10.7. The van der Waals surface area contributed by atoms with E-state index >= 15 is 0 Å². The molecule has 2 aromatic rings. The lowest BCUT2D eigenvalue weighted by Crippen LogP contribution is -2.41. The molecule has 1 unspecified atom stereocenters. The lowest BCUT2D eigenvalue weighted by atomic mass is 10.0. The highest BCUT2D eigenvalue weighted by Crippen LogP contribution is 2.19. The third kappa shape index (κ3) is 6.03. The fourth-order valence-corrected chi connectivity index (χ4v) is 3.45.